The molecule has 5 heteroatoms. The number of urea groups is 1. The van der Waals surface area contributed by atoms with Crippen LogP contribution < -0.4 is 10.1 Å². The van der Waals surface area contributed by atoms with Gasteiger partial charge >= 0.3 is 6.03 Å². The molecule has 1 aromatic heterocycles. The Bertz CT molecular complexity index is 868. The van der Waals surface area contributed by atoms with Gasteiger partial charge in [-0.25, -0.2) is 4.79 Å². The molecular weight excluding hydrogens is 326 g/mol. The highest BCUT2D eigenvalue weighted by Crippen LogP contribution is 2.32. The highest BCUT2D eigenvalue weighted by Gasteiger charge is 2.29. The third kappa shape index (κ3) is 3.25. The normalized spacial score (nSPS) is 16.8. The van der Waals surface area contributed by atoms with Gasteiger partial charge in [-0.3, -0.25) is 0 Å². The summed E-state index contributed by atoms with van der Waals surface area (Å²) in [5.41, 5.74) is 3.26. The molecule has 134 valence electrons. The van der Waals surface area contributed by atoms with Crippen molar-refractivity contribution in [2.24, 2.45) is 0 Å². The third-order valence-corrected chi connectivity index (χ3v) is 5.03. The fourth-order valence-corrected chi connectivity index (χ4v) is 3.68. The lowest BCUT2D eigenvalue weighted by molar-refractivity contribution is 0.192. The second-order valence-electron chi connectivity index (χ2n) is 6.67. The molecule has 0 spiro atoms. The highest BCUT2D eigenvalue weighted by molar-refractivity contribution is 5.80. The van der Waals surface area contributed by atoms with Crippen molar-refractivity contribution < 1.29 is 9.53 Å². The number of ether oxygens (including phenoxy) is 1. The minimum atomic E-state index is -0.0121. The molecule has 1 aliphatic heterocycles. The summed E-state index contributed by atoms with van der Waals surface area (Å²) in [6.07, 6.45) is 2.02. The van der Waals surface area contributed by atoms with Crippen LogP contribution in [0.3, 0.4) is 0 Å². The van der Waals surface area contributed by atoms with E-state index in [9.17, 15) is 4.79 Å². The topological polar surface area (TPSA) is 57.4 Å². The molecule has 2 amide bonds. The standard InChI is InChI=1S/C21H23N3O2/c1-26-18-10-8-15(9-11-18)20-7-4-12-24(20)21(25)22-14-17-13-16-5-2-3-6-19(16)23-17/h2-3,5-6,8-11,13,20,23H,4,7,12,14H2,1H3,(H,22,25). The number of methoxy groups -OCH3 is 1. The first-order chi connectivity index (χ1) is 12.7. The number of carbonyl (C=O) groups excluding carboxylic acids is 1. The molecule has 26 heavy (non-hydrogen) atoms. The Kier molecular flexibility index (Phi) is 4.52. The summed E-state index contributed by atoms with van der Waals surface area (Å²) in [5.74, 6) is 0.835. The summed E-state index contributed by atoms with van der Waals surface area (Å²) >= 11 is 0. The molecule has 2 N–H and O–H groups in total. The number of rotatable bonds is 4. The molecule has 1 fully saturated rings. The van der Waals surface area contributed by atoms with Gasteiger partial charge in [-0.15, -0.1) is 0 Å². The lowest BCUT2D eigenvalue weighted by Gasteiger charge is -2.25. The lowest BCUT2D eigenvalue weighted by atomic mass is 10.0. The Morgan fingerprint density at radius 1 is 1.23 bits per heavy atom. The van der Waals surface area contributed by atoms with E-state index in [0.717, 1.165) is 47.3 Å². The van der Waals surface area contributed by atoms with Gasteiger partial charge in [0.25, 0.3) is 0 Å². The van der Waals surface area contributed by atoms with Crippen molar-refractivity contribution in [2.45, 2.75) is 25.4 Å². The van der Waals surface area contributed by atoms with Gasteiger partial charge < -0.3 is 19.9 Å². The molecule has 4 rings (SSSR count). The minimum Gasteiger partial charge on any atom is -0.497 e. The first-order valence-corrected chi connectivity index (χ1v) is 8.99. The van der Waals surface area contributed by atoms with Crippen molar-refractivity contribution >= 4 is 16.9 Å². The van der Waals surface area contributed by atoms with Gasteiger partial charge in [0.1, 0.15) is 5.75 Å². The molecule has 1 aliphatic rings. The SMILES string of the molecule is COc1ccc(C2CCCN2C(=O)NCc2cc3ccccc3[nH]2)cc1. The van der Waals surface area contributed by atoms with E-state index in [0.29, 0.717) is 6.54 Å². The molecule has 0 saturated carbocycles. The number of amides is 2. The van der Waals surface area contributed by atoms with Crippen molar-refractivity contribution in [3.05, 3.63) is 65.9 Å². The van der Waals surface area contributed by atoms with Crippen molar-refractivity contribution in [3.63, 3.8) is 0 Å². The highest BCUT2D eigenvalue weighted by atomic mass is 16.5. The number of aromatic nitrogens is 1. The van der Waals surface area contributed by atoms with E-state index < -0.39 is 0 Å². The van der Waals surface area contributed by atoms with Crippen LogP contribution in [0.1, 0.15) is 30.1 Å². The van der Waals surface area contributed by atoms with Gasteiger partial charge in [0.15, 0.2) is 0 Å². The number of H-pyrrole nitrogens is 1. The molecule has 2 aromatic carbocycles. The van der Waals surface area contributed by atoms with Crippen LogP contribution in [0.5, 0.6) is 5.75 Å². The fourth-order valence-electron chi connectivity index (χ4n) is 3.68. The molecule has 5 nitrogen and oxygen atoms in total. The molecule has 0 aliphatic carbocycles. The number of carbonyl (C=O) groups is 1. The van der Waals surface area contributed by atoms with Gasteiger partial charge in [0, 0.05) is 17.8 Å². The summed E-state index contributed by atoms with van der Waals surface area (Å²) in [4.78, 5) is 18.0. The predicted octanol–water partition coefficient (Wildman–Crippen LogP) is 4.22. The van der Waals surface area contributed by atoms with Gasteiger partial charge in [0.2, 0.25) is 0 Å². The number of likely N-dealkylation sites (tertiary alicyclic amines) is 1. The Hall–Kier alpha value is -2.95. The van der Waals surface area contributed by atoms with Crippen molar-refractivity contribution in [1.29, 1.82) is 0 Å². The average Bonchev–Trinajstić information content (AvgIpc) is 3.33. The van der Waals surface area contributed by atoms with Gasteiger partial charge in [-0.05, 0) is 48.1 Å². The van der Waals surface area contributed by atoms with Crippen LogP contribution in [0.4, 0.5) is 4.79 Å². The van der Waals surface area contributed by atoms with Crippen molar-refractivity contribution in [2.75, 3.05) is 13.7 Å². The fraction of sp³-hybridized carbons (Fsp3) is 0.286. The van der Waals surface area contributed by atoms with Crippen LogP contribution in [0, 0.1) is 0 Å². The molecule has 1 atom stereocenters. The summed E-state index contributed by atoms with van der Waals surface area (Å²) in [6.45, 7) is 1.29. The molecule has 0 bridgehead atoms. The van der Waals surface area contributed by atoms with Crippen LogP contribution in [0.15, 0.2) is 54.6 Å². The quantitative estimate of drug-likeness (QED) is 0.741. The maximum atomic E-state index is 12.7. The third-order valence-electron chi connectivity index (χ3n) is 5.03. The molecular formula is C21H23N3O2. The first-order valence-electron chi connectivity index (χ1n) is 8.99. The molecule has 3 aromatic rings. The molecule has 1 unspecified atom stereocenters. The number of hydrogen-bond acceptors (Lipinski definition) is 2. The number of hydrogen-bond donors (Lipinski definition) is 2. The van der Waals surface area contributed by atoms with Gasteiger partial charge in [-0.1, -0.05) is 30.3 Å². The summed E-state index contributed by atoms with van der Waals surface area (Å²) in [5, 5.41) is 4.22. The van der Waals surface area contributed by atoms with Crippen LogP contribution >= 0.6 is 0 Å². The minimum absolute atomic E-state index is 0.0121. The second kappa shape index (κ2) is 7.12. The lowest BCUT2D eigenvalue weighted by Crippen LogP contribution is -2.39. The van der Waals surface area contributed by atoms with Crippen molar-refractivity contribution in [1.82, 2.24) is 15.2 Å². The molecule has 0 radical (unpaired) electrons. The Morgan fingerprint density at radius 3 is 2.81 bits per heavy atom. The monoisotopic (exact) mass is 349 g/mol. The zero-order valence-electron chi connectivity index (χ0n) is 14.9. The van der Waals surface area contributed by atoms with E-state index >= 15 is 0 Å². The van der Waals surface area contributed by atoms with E-state index in [4.69, 9.17) is 4.74 Å². The maximum Gasteiger partial charge on any atom is 0.318 e. The summed E-state index contributed by atoms with van der Waals surface area (Å²) < 4.78 is 5.22. The zero-order chi connectivity index (χ0) is 17.9. The Balaban J connectivity index is 1.42. The molecule has 1 saturated heterocycles. The number of benzene rings is 2. The van der Waals surface area contributed by atoms with Crippen LogP contribution in [0.2, 0.25) is 0 Å². The van der Waals surface area contributed by atoms with Crippen LogP contribution in [-0.2, 0) is 6.54 Å². The largest absolute Gasteiger partial charge is 0.497 e. The van der Waals surface area contributed by atoms with E-state index in [1.54, 1.807) is 7.11 Å². The van der Waals surface area contributed by atoms with Gasteiger partial charge in [-0.2, -0.15) is 0 Å². The van der Waals surface area contributed by atoms with E-state index in [2.05, 4.69) is 22.4 Å². The smallest absolute Gasteiger partial charge is 0.318 e. The van der Waals surface area contributed by atoms with E-state index in [1.807, 2.05) is 47.4 Å². The maximum absolute atomic E-state index is 12.7. The number of nitrogens with zero attached hydrogens (tertiary/aromatic N) is 1. The number of aromatic amines is 1. The predicted molar refractivity (Wildman–Crippen MR) is 102 cm³/mol. The second-order valence-corrected chi connectivity index (χ2v) is 6.67. The van der Waals surface area contributed by atoms with Crippen molar-refractivity contribution in [3.8, 4) is 5.75 Å². The Labute approximate surface area is 153 Å². The number of nitrogens with one attached hydrogen (secondary N) is 2. The molecule has 2 heterocycles. The van der Waals surface area contributed by atoms with Crippen LogP contribution in [0.25, 0.3) is 10.9 Å². The first kappa shape index (κ1) is 16.5. The van der Waals surface area contributed by atoms with Crippen LogP contribution in [-0.4, -0.2) is 29.6 Å². The number of fused-ring (bicyclic) bond motifs is 1. The van der Waals surface area contributed by atoms with Gasteiger partial charge in [0.05, 0.1) is 19.7 Å². The average molecular weight is 349 g/mol. The Morgan fingerprint density at radius 2 is 2.04 bits per heavy atom. The van der Waals surface area contributed by atoms with E-state index in [-0.39, 0.29) is 12.1 Å². The summed E-state index contributed by atoms with van der Waals surface area (Å²) in [6, 6.07) is 18.3. The zero-order valence-corrected chi connectivity index (χ0v) is 14.9. The number of para-hydroxylation sites is 1. The van der Waals surface area contributed by atoms with E-state index in [1.165, 1.54) is 0 Å². The summed E-state index contributed by atoms with van der Waals surface area (Å²) in [7, 11) is 1.66.